The fraction of sp³-hybridized carbons (Fsp3) is 0.750. The highest BCUT2D eigenvalue weighted by molar-refractivity contribution is 9.10. The molecule has 68 valence electrons. The van der Waals surface area contributed by atoms with Crippen molar-refractivity contribution >= 4 is 27.7 Å². The molecule has 1 aliphatic carbocycles. The van der Waals surface area contributed by atoms with Crippen molar-refractivity contribution in [2.24, 2.45) is 5.92 Å². The zero-order valence-corrected chi connectivity index (χ0v) is 8.46. The molecule has 0 aromatic rings. The van der Waals surface area contributed by atoms with Gasteiger partial charge in [-0.05, 0) is 19.8 Å². The van der Waals surface area contributed by atoms with E-state index in [-0.39, 0.29) is 16.6 Å². The number of carbonyl (C=O) groups excluding carboxylic acids is 2. The Hall–Kier alpha value is -0.380. The third-order valence-electron chi connectivity index (χ3n) is 1.93. The van der Waals surface area contributed by atoms with Crippen LogP contribution in [0, 0.1) is 5.92 Å². The smallest absolute Gasteiger partial charge is 0.316 e. The van der Waals surface area contributed by atoms with E-state index < -0.39 is 5.92 Å². The summed E-state index contributed by atoms with van der Waals surface area (Å²) < 4.78 is 4.76. The molecule has 1 aliphatic rings. The van der Waals surface area contributed by atoms with Crippen molar-refractivity contribution in [1.29, 1.82) is 0 Å². The highest BCUT2D eigenvalue weighted by atomic mass is 79.9. The molecule has 0 unspecified atom stereocenters. The van der Waals surface area contributed by atoms with Crippen LogP contribution in [0.5, 0.6) is 0 Å². The molecule has 0 aliphatic heterocycles. The van der Waals surface area contributed by atoms with Gasteiger partial charge in [0.2, 0.25) is 0 Å². The maximum absolute atomic E-state index is 11.3. The fourth-order valence-electron chi connectivity index (χ4n) is 1.29. The minimum atomic E-state index is -0.519. The number of carbonyl (C=O) groups is 2. The van der Waals surface area contributed by atoms with E-state index in [9.17, 15) is 9.59 Å². The third-order valence-corrected chi connectivity index (χ3v) is 2.84. The van der Waals surface area contributed by atoms with Gasteiger partial charge in [0.15, 0.2) is 5.78 Å². The Labute approximate surface area is 79.6 Å². The lowest BCUT2D eigenvalue weighted by atomic mass is 10.1. The second-order valence-electron chi connectivity index (χ2n) is 2.75. The summed E-state index contributed by atoms with van der Waals surface area (Å²) in [7, 11) is 0. The van der Waals surface area contributed by atoms with Crippen LogP contribution in [0.25, 0.3) is 0 Å². The molecule has 1 saturated carbocycles. The Kier molecular flexibility index (Phi) is 3.26. The quantitative estimate of drug-likeness (QED) is 0.411. The first-order valence-electron chi connectivity index (χ1n) is 4.01. The third kappa shape index (κ3) is 1.86. The monoisotopic (exact) mass is 234 g/mol. The first-order valence-corrected chi connectivity index (χ1v) is 4.92. The highest BCUT2D eigenvalue weighted by Gasteiger charge is 2.38. The average molecular weight is 235 g/mol. The number of hydrogen-bond acceptors (Lipinski definition) is 3. The van der Waals surface area contributed by atoms with E-state index in [1.54, 1.807) is 6.92 Å². The summed E-state index contributed by atoms with van der Waals surface area (Å²) in [5.41, 5.74) is 0. The largest absolute Gasteiger partial charge is 0.465 e. The zero-order valence-electron chi connectivity index (χ0n) is 6.88. The number of alkyl halides is 1. The molecule has 0 amide bonds. The van der Waals surface area contributed by atoms with E-state index in [1.807, 2.05) is 0 Å². The maximum atomic E-state index is 11.3. The summed E-state index contributed by atoms with van der Waals surface area (Å²) in [4.78, 5) is 22.3. The minimum Gasteiger partial charge on any atom is -0.465 e. The Morgan fingerprint density at radius 1 is 1.67 bits per heavy atom. The van der Waals surface area contributed by atoms with E-state index in [4.69, 9.17) is 4.74 Å². The molecule has 0 aromatic carbocycles. The van der Waals surface area contributed by atoms with Crippen LogP contribution in [-0.4, -0.2) is 23.2 Å². The standard InChI is InChI=1S/C8H11BrO3/c1-2-12-8(11)5-3-4-6(9)7(5)10/h5-6H,2-4H2,1H3/t5-,6+/m0/s1. The molecule has 12 heavy (non-hydrogen) atoms. The molecule has 0 saturated heterocycles. The zero-order chi connectivity index (χ0) is 9.14. The Bertz CT molecular complexity index is 202. The number of ketones is 1. The van der Waals surface area contributed by atoms with Crippen LogP contribution in [0.2, 0.25) is 0 Å². The normalized spacial score (nSPS) is 29.0. The molecule has 0 heterocycles. The van der Waals surface area contributed by atoms with Crippen LogP contribution >= 0.6 is 15.9 Å². The van der Waals surface area contributed by atoms with Gasteiger partial charge >= 0.3 is 5.97 Å². The van der Waals surface area contributed by atoms with Gasteiger partial charge in [0.25, 0.3) is 0 Å². The number of rotatable bonds is 2. The van der Waals surface area contributed by atoms with Crippen molar-refractivity contribution in [1.82, 2.24) is 0 Å². The lowest BCUT2D eigenvalue weighted by Gasteiger charge is -2.06. The molecule has 0 bridgehead atoms. The lowest BCUT2D eigenvalue weighted by Crippen LogP contribution is -2.24. The van der Waals surface area contributed by atoms with Crippen LogP contribution in [0.4, 0.5) is 0 Å². The molecular formula is C8H11BrO3. The Morgan fingerprint density at radius 2 is 2.33 bits per heavy atom. The van der Waals surface area contributed by atoms with E-state index in [1.165, 1.54) is 0 Å². The number of ether oxygens (including phenoxy) is 1. The van der Waals surface area contributed by atoms with Crippen molar-refractivity contribution in [2.75, 3.05) is 6.61 Å². The van der Waals surface area contributed by atoms with Gasteiger partial charge in [0.1, 0.15) is 5.92 Å². The number of halogens is 1. The van der Waals surface area contributed by atoms with E-state index in [0.29, 0.717) is 13.0 Å². The Balaban J connectivity index is 2.53. The van der Waals surface area contributed by atoms with Gasteiger partial charge in [-0.3, -0.25) is 9.59 Å². The van der Waals surface area contributed by atoms with Crippen LogP contribution < -0.4 is 0 Å². The molecule has 0 spiro atoms. The summed E-state index contributed by atoms with van der Waals surface area (Å²) in [6.45, 7) is 2.08. The average Bonchev–Trinajstić information content (AvgIpc) is 2.34. The second-order valence-corrected chi connectivity index (χ2v) is 3.86. The van der Waals surface area contributed by atoms with E-state index in [2.05, 4.69) is 15.9 Å². The van der Waals surface area contributed by atoms with Gasteiger partial charge < -0.3 is 4.74 Å². The fourth-order valence-corrected chi connectivity index (χ4v) is 1.88. The van der Waals surface area contributed by atoms with Crippen LogP contribution in [-0.2, 0) is 14.3 Å². The van der Waals surface area contributed by atoms with E-state index >= 15 is 0 Å². The van der Waals surface area contributed by atoms with Crippen LogP contribution in [0.15, 0.2) is 0 Å². The molecule has 3 nitrogen and oxygen atoms in total. The van der Waals surface area contributed by atoms with Gasteiger partial charge in [-0.2, -0.15) is 0 Å². The molecule has 1 fully saturated rings. The summed E-state index contributed by atoms with van der Waals surface area (Å²) in [6.07, 6.45) is 1.36. The van der Waals surface area contributed by atoms with Gasteiger partial charge in [-0.15, -0.1) is 0 Å². The van der Waals surface area contributed by atoms with E-state index in [0.717, 1.165) is 6.42 Å². The summed E-state index contributed by atoms with van der Waals surface area (Å²) >= 11 is 3.21. The molecule has 2 atom stereocenters. The summed E-state index contributed by atoms with van der Waals surface area (Å²) in [6, 6.07) is 0. The van der Waals surface area contributed by atoms with Crippen molar-refractivity contribution < 1.29 is 14.3 Å². The minimum absolute atomic E-state index is 0.0338. The van der Waals surface area contributed by atoms with Crippen molar-refractivity contribution in [2.45, 2.75) is 24.6 Å². The lowest BCUT2D eigenvalue weighted by molar-refractivity contribution is -0.150. The number of esters is 1. The van der Waals surface area contributed by atoms with Gasteiger partial charge in [-0.25, -0.2) is 0 Å². The Morgan fingerprint density at radius 3 is 2.75 bits per heavy atom. The predicted molar refractivity (Wildman–Crippen MR) is 47.1 cm³/mol. The molecular weight excluding hydrogens is 224 g/mol. The first-order chi connectivity index (χ1) is 5.66. The SMILES string of the molecule is CCOC(=O)[C@H]1CC[C@@H](Br)C1=O. The first kappa shape index (κ1) is 9.71. The summed E-state index contributed by atoms with van der Waals surface area (Å²) in [5, 5.41) is 0. The molecule has 1 rings (SSSR count). The van der Waals surface area contributed by atoms with Gasteiger partial charge in [-0.1, -0.05) is 15.9 Å². The molecule has 4 heteroatoms. The number of Topliss-reactive ketones (excluding diaryl/α,β-unsaturated/α-hetero) is 1. The van der Waals surface area contributed by atoms with Gasteiger partial charge in [0, 0.05) is 0 Å². The molecule has 0 radical (unpaired) electrons. The summed E-state index contributed by atoms with van der Waals surface area (Å²) in [5.74, 6) is -0.924. The molecule has 0 N–H and O–H groups in total. The van der Waals surface area contributed by atoms with Crippen LogP contribution in [0.1, 0.15) is 19.8 Å². The number of hydrogen-bond donors (Lipinski definition) is 0. The second kappa shape index (κ2) is 4.03. The topological polar surface area (TPSA) is 43.4 Å². The highest BCUT2D eigenvalue weighted by Crippen LogP contribution is 2.28. The predicted octanol–water partition coefficient (Wildman–Crippen LogP) is 1.29. The maximum Gasteiger partial charge on any atom is 0.316 e. The molecule has 0 aromatic heterocycles. The van der Waals surface area contributed by atoms with Crippen molar-refractivity contribution in [3.05, 3.63) is 0 Å². The van der Waals surface area contributed by atoms with Crippen molar-refractivity contribution in [3.63, 3.8) is 0 Å². The van der Waals surface area contributed by atoms with Crippen LogP contribution in [0.3, 0.4) is 0 Å². The van der Waals surface area contributed by atoms with Gasteiger partial charge in [0.05, 0.1) is 11.4 Å². The van der Waals surface area contributed by atoms with Crippen molar-refractivity contribution in [3.8, 4) is 0 Å².